The first kappa shape index (κ1) is 22.4. The maximum absolute atomic E-state index is 11.9. The summed E-state index contributed by atoms with van der Waals surface area (Å²) in [6.45, 7) is 2.69. The summed E-state index contributed by atoms with van der Waals surface area (Å²) in [7, 11) is 0. The van der Waals surface area contributed by atoms with Gasteiger partial charge in [-0.1, -0.05) is 6.07 Å². The van der Waals surface area contributed by atoms with Gasteiger partial charge in [-0.2, -0.15) is 0 Å². The molecule has 0 amide bonds. The standard InChI is InChI=1S/C17H16N2O5.C3H8O2/c20-16(12-4-3-8-18-10-12)24-15-7-6-13(23-15)11-22-17(21)14-5-1-2-9-19-14;1-3(2,4)5/h1-5,8-10,13,15H,6-7,11H2;4-5H,1-2H3. The Morgan fingerprint density at radius 3 is 2.52 bits per heavy atom. The highest BCUT2D eigenvalue weighted by atomic mass is 16.7. The van der Waals surface area contributed by atoms with Crippen LogP contribution in [0.4, 0.5) is 0 Å². The second-order valence-corrected chi connectivity index (χ2v) is 6.72. The van der Waals surface area contributed by atoms with Gasteiger partial charge >= 0.3 is 11.9 Å². The molecule has 1 saturated heterocycles. The Kier molecular flexibility index (Phi) is 8.20. The summed E-state index contributed by atoms with van der Waals surface area (Å²) in [6.07, 6.45) is 4.79. The first-order chi connectivity index (χ1) is 13.7. The number of nitrogens with zero attached hydrogens (tertiary/aromatic N) is 2. The van der Waals surface area contributed by atoms with Crippen molar-refractivity contribution in [3.8, 4) is 0 Å². The van der Waals surface area contributed by atoms with E-state index in [1.54, 1.807) is 36.5 Å². The van der Waals surface area contributed by atoms with Gasteiger partial charge in [-0.05, 0) is 44.5 Å². The lowest BCUT2D eigenvalue weighted by molar-refractivity contribution is -0.127. The van der Waals surface area contributed by atoms with Crippen LogP contribution < -0.4 is 0 Å². The van der Waals surface area contributed by atoms with E-state index in [4.69, 9.17) is 24.4 Å². The minimum Gasteiger partial charge on any atom is -0.458 e. The second-order valence-electron chi connectivity index (χ2n) is 6.72. The minimum absolute atomic E-state index is 0.0936. The molecular weight excluding hydrogens is 380 g/mol. The van der Waals surface area contributed by atoms with E-state index in [1.165, 1.54) is 26.2 Å². The number of aliphatic hydroxyl groups is 2. The monoisotopic (exact) mass is 404 g/mol. The van der Waals surface area contributed by atoms with Crippen LogP contribution in [-0.4, -0.2) is 56.9 Å². The number of esters is 2. The fourth-order valence-corrected chi connectivity index (χ4v) is 2.28. The molecule has 2 atom stereocenters. The first-order valence-corrected chi connectivity index (χ1v) is 9.02. The Bertz CT molecular complexity index is 772. The molecule has 2 N–H and O–H groups in total. The summed E-state index contributed by atoms with van der Waals surface area (Å²) in [5, 5.41) is 16.2. The Hall–Kier alpha value is -2.88. The molecule has 156 valence electrons. The molecule has 9 nitrogen and oxygen atoms in total. The Balaban J connectivity index is 0.000000537. The molecule has 0 bridgehead atoms. The lowest BCUT2D eigenvalue weighted by atomic mass is 10.2. The van der Waals surface area contributed by atoms with Gasteiger partial charge < -0.3 is 24.4 Å². The van der Waals surface area contributed by atoms with Crippen LogP contribution in [0, 0.1) is 0 Å². The van der Waals surface area contributed by atoms with Gasteiger partial charge in [0, 0.05) is 25.0 Å². The van der Waals surface area contributed by atoms with Crippen molar-refractivity contribution in [3.63, 3.8) is 0 Å². The highest BCUT2D eigenvalue weighted by Crippen LogP contribution is 2.22. The van der Waals surface area contributed by atoms with Gasteiger partial charge in [-0.25, -0.2) is 14.6 Å². The summed E-state index contributed by atoms with van der Waals surface area (Å²) in [5.41, 5.74) is 0.612. The van der Waals surface area contributed by atoms with Crippen molar-refractivity contribution in [2.45, 2.75) is 44.9 Å². The van der Waals surface area contributed by atoms with E-state index in [0.29, 0.717) is 18.4 Å². The summed E-state index contributed by atoms with van der Waals surface area (Å²) in [4.78, 5) is 31.5. The lowest BCUT2D eigenvalue weighted by Crippen LogP contribution is -2.23. The molecule has 2 aromatic rings. The Morgan fingerprint density at radius 1 is 1.14 bits per heavy atom. The highest BCUT2D eigenvalue weighted by molar-refractivity contribution is 5.89. The summed E-state index contributed by atoms with van der Waals surface area (Å²) >= 11 is 0. The van der Waals surface area contributed by atoms with Gasteiger partial charge in [0.2, 0.25) is 6.29 Å². The van der Waals surface area contributed by atoms with Gasteiger partial charge in [-0.3, -0.25) is 4.98 Å². The van der Waals surface area contributed by atoms with Gasteiger partial charge in [0.1, 0.15) is 12.3 Å². The van der Waals surface area contributed by atoms with Gasteiger partial charge in [0.25, 0.3) is 0 Å². The van der Waals surface area contributed by atoms with E-state index in [9.17, 15) is 9.59 Å². The quantitative estimate of drug-likeness (QED) is 0.565. The third-order valence-corrected chi connectivity index (χ3v) is 3.48. The molecule has 1 aliphatic heterocycles. The summed E-state index contributed by atoms with van der Waals surface area (Å²) < 4.78 is 16.0. The van der Waals surface area contributed by atoms with Crippen LogP contribution in [0.5, 0.6) is 0 Å². The van der Waals surface area contributed by atoms with Crippen molar-refractivity contribution in [1.29, 1.82) is 0 Å². The third kappa shape index (κ3) is 8.77. The topological polar surface area (TPSA) is 128 Å². The highest BCUT2D eigenvalue weighted by Gasteiger charge is 2.29. The van der Waals surface area contributed by atoms with E-state index < -0.39 is 24.0 Å². The zero-order valence-corrected chi connectivity index (χ0v) is 16.2. The van der Waals surface area contributed by atoms with Crippen LogP contribution in [0.1, 0.15) is 47.5 Å². The second kappa shape index (κ2) is 10.6. The van der Waals surface area contributed by atoms with E-state index in [2.05, 4.69) is 9.97 Å². The number of rotatable bonds is 5. The number of carbonyl (C=O) groups is 2. The fourth-order valence-electron chi connectivity index (χ4n) is 2.28. The molecule has 9 heteroatoms. The SMILES string of the molecule is CC(C)(O)O.O=C(OC1CCC(COC(=O)c2ccccn2)O1)c1cccnc1. The van der Waals surface area contributed by atoms with Crippen molar-refractivity contribution >= 4 is 11.9 Å². The number of pyridine rings is 2. The van der Waals surface area contributed by atoms with Gasteiger partial charge in [0.05, 0.1) is 11.7 Å². The van der Waals surface area contributed by atoms with Crippen LogP contribution in [0.15, 0.2) is 48.9 Å². The van der Waals surface area contributed by atoms with E-state index >= 15 is 0 Å². The first-order valence-electron chi connectivity index (χ1n) is 9.02. The van der Waals surface area contributed by atoms with E-state index in [-0.39, 0.29) is 18.4 Å². The molecule has 1 aliphatic rings. The molecular formula is C20H24N2O7. The van der Waals surface area contributed by atoms with E-state index in [1.807, 2.05) is 0 Å². The molecule has 1 fully saturated rings. The lowest BCUT2D eigenvalue weighted by Gasteiger charge is -2.14. The molecule has 0 spiro atoms. The molecule has 2 unspecified atom stereocenters. The fraction of sp³-hybridized carbons (Fsp3) is 0.400. The predicted molar refractivity (Wildman–Crippen MR) is 101 cm³/mol. The molecule has 0 aromatic carbocycles. The third-order valence-electron chi connectivity index (χ3n) is 3.48. The average molecular weight is 404 g/mol. The summed E-state index contributed by atoms with van der Waals surface area (Å²) in [6, 6.07) is 8.29. The number of hydrogen-bond donors (Lipinski definition) is 2. The van der Waals surface area contributed by atoms with Gasteiger partial charge in [0.15, 0.2) is 5.79 Å². The maximum Gasteiger partial charge on any atom is 0.357 e. The average Bonchev–Trinajstić information content (AvgIpc) is 3.13. The Morgan fingerprint density at radius 2 is 1.90 bits per heavy atom. The molecule has 0 aliphatic carbocycles. The van der Waals surface area contributed by atoms with Crippen molar-refractivity contribution in [1.82, 2.24) is 9.97 Å². The molecule has 0 radical (unpaired) electrons. The molecule has 2 aromatic heterocycles. The van der Waals surface area contributed by atoms with Gasteiger partial charge in [-0.15, -0.1) is 0 Å². The van der Waals surface area contributed by atoms with Crippen LogP contribution >= 0.6 is 0 Å². The maximum atomic E-state index is 11.9. The van der Waals surface area contributed by atoms with Crippen molar-refractivity contribution in [2.75, 3.05) is 6.61 Å². The predicted octanol–water partition coefficient (Wildman–Crippen LogP) is 1.70. The smallest absolute Gasteiger partial charge is 0.357 e. The number of ether oxygens (including phenoxy) is 3. The number of aromatic nitrogens is 2. The minimum atomic E-state index is -1.50. The van der Waals surface area contributed by atoms with Crippen LogP contribution in [-0.2, 0) is 14.2 Å². The summed E-state index contributed by atoms with van der Waals surface area (Å²) in [5.74, 6) is -2.49. The Labute approximate surface area is 168 Å². The largest absolute Gasteiger partial charge is 0.458 e. The molecule has 29 heavy (non-hydrogen) atoms. The van der Waals surface area contributed by atoms with Crippen LogP contribution in [0.3, 0.4) is 0 Å². The normalized spacial score (nSPS) is 18.3. The van der Waals surface area contributed by atoms with Crippen LogP contribution in [0.25, 0.3) is 0 Å². The molecule has 3 heterocycles. The number of carbonyl (C=O) groups excluding carboxylic acids is 2. The zero-order valence-electron chi connectivity index (χ0n) is 16.2. The van der Waals surface area contributed by atoms with Crippen molar-refractivity contribution in [2.24, 2.45) is 0 Å². The van der Waals surface area contributed by atoms with Crippen molar-refractivity contribution in [3.05, 3.63) is 60.2 Å². The van der Waals surface area contributed by atoms with E-state index in [0.717, 1.165) is 0 Å². The molecule has 0 saturated carbocycles. The zero-order chi connectivity index (χ0) is 21.3. The van der Waals surface area contributed by atoms with Crippen molar-refractivity contribution < 1.29 is 34.0 Å². The number of hydrogen-bond acceptors (Lipinski definition) is 9. The van der Waals surface area contributed by atoms with Crippen LogP contribution in [0.2, 0.25) is 0 Å². The molecule has 3 rings (SSSR count).